The maximum absolute atomic E-state index is 11.9. The number of hydrogen-bond acceptors (Lipinski definition) is 2. The first-order valence-corrected chi connectivity index (χ1v) is 5.37. The van der Waals surface area contributed by atoms with E-state index in [1.165, 1.54) is 0 Å². The van der Waals surface area contributed by atoms with Gasteiger partial charge < -0.3 is 4.74 Å². The molecule has 3 unspecified atom stereocenters. The molecule has 0 aromatic carbocycles. The van der Waals surface area contributed by atoms with E-state index in [9.17, 15) is 4.79 Å². The molecule has 1 rings (SSSR count). The van der Waals surface area contributed by atoms with Crippen LogP contribution in [0.2, 0.25) is 0 Å². The molecule has 0 saturated carbocycles. The van der Waals surface area contributed by atoms with Gasteiger partial charge in [0.1, 0.15) is 0 Å². The van der Waals surface area contributed by atoms with Gasteiger partial charge in [-0.05, 0) is 32.1 Å². The molecule has 0 bridgehead atoms. The molecule has 14 heavy (non-hydrogen) atoms. The second kappa shape index (κ2) is 4.16. The highest BCUT2D eigenvalue weighted by Crippen LogP contribution is 2.42. The van der Waals surface area contributed by atoms with Gasteiger partial charge in [0.2, 0.25) is 0 Å². The number of allylic oxidation sites excluding steroid dienone is 2. The van der Waals surface area contributed by atoms with Gasteiger partial charge in [-0.15, -0.1) is 0 Å². The predicted molar refractivity (Wildman–Crippen MR) is 56.8 cm³/mol. The summed E-state index contributed by atoms with van der Waals surface area (Å²) in [4.78, 5) is 11.9. The maximum Gasteiger partial charge on any atom is 0.312 e. The molecule has 80 valence electrons. The molecular weight excluding hydrogens is 176 g/mol. The Morgan fingerprint density at radius 1 is 1.57 bits per heavy atom. The molecule has 0 aromatic heterocycles. The minimum atomic E-state index is -0.342. The number of ether oxygens (including phenoxy) is 1. The van der Waals surface area contributed by atoms with Crippen molar-refractivity contribution in [2.45, 2.75) is 34.1 Å². The summed E-state index contributed by atoms with van der Waals surface area (Å²) in [6, 6.07) is 0. The van der Waals surface area contributed by atoms with Gasteiger partial charge in [0.15, 0.2) is 0 Å². The van der Waals surface area contributed by atoms with E-state index in [0.29, 0.717) is 12.5 Å². The van der Waals surface area contributed by atoms with Crippen LogP contribution in [0.5, 0.6) is 0 Å². The third-order valence-electron chi connectivity index (χ3n) is 3.60. The van der Waals surface area contributed by atoms with Crippen molar-refractivity contribution < 1.29 is 9.53 Å². The Morgan fingerprint density at radius 3 is 2.71 bits per heavy atom. The van der Waals surface area contributed by atoms with Crippen LogP contribution in [0, 0.1) is 17.3 Å². The fourth-order valence-electron chi connectivity index (χ4n) is 2.05. The molecule has 1 aliphatic rings. The molecule has 0 spiro atoms. The van der Waals surface area contributed by atoms with E-state index in [1.54, 1.807) is 0 Å². The van der Waals surface area contributed by atoms with Crippen LogP contribution < -0.4 is 0 Å². The molecule has 0 N–H and O–H groups in total. The standard InChI is InChI=1S/C12H20O2/c1-5-14-11(13)12(4)9(2)7-6-8-10(12)3/h6-7,9-10H,5,8H2,1-4H3. The second-order valence-corrected chi connectivity index (χ2v) is 4.36. The van der Waals surface area contributed by atoms with Crippen molar-refractivity contribution in [2.75, 3.05) is 6.61 Å². The minimum absolute atomic E-state index is 0.0515. The lowest BCUT2D eigenvalue weighted by atomic mass is 9.65. The Balaban J connectivity index is 2.88. The van der Waals surface area contributed by atoms with Crippen LogP contribution in [-0.4, -0.2) is 12.6 Å². The Hall–Kier alpha value is -0.790. The summed E-state index contributed by atoms with van der Waals surface area (Å²) < 4.78 is 5.15. The highest BCUT2D eigenvalue weighted by Gasteiger charge is 2.44. The van der Waals surface area contributed by atoms with Crippen LogP contribution in [0.15, 0.2) is 12.2 Å². The Labute approximate surface area is 86.3 Å². The van der Waals surface area contributed by atoms with Crippen LogP contribution in [0.25, 0.3) is 0 Å². The van der Waals surface area contributed by atoms with Crippen molar-refractivity contribution in [3.8, 4) is 0 Å². The zero-order valence-electron chi connectivity index (χ0n) is 9.54. The second-order valence-electron chi connectivity index (χ2n) is 4.36. The Morgan fingerprint density at radius 2 is 2.21 bits per heavy atom. The minimum Gasteiger partial charge on any atom is -0.466 e. The van der Waals surface area contributed by atoms with E-state index in [0.717, 1.165) is 6.42 Å². The predicted octanol–water partition coefficient (Wildman–Crippen LogP) is 2.79. The third kappa shape index (κ3) is 1.70. The van der Waals surface area contributed by atoms with Crippen molar-refractivity contribution in [1.29, 1.82) is 0 Å². The molecule has 2 heteroatoms. The fraction of sp³-hybridized carbons (Fsp3) is 0.750. The zero-order chi connectivity index (χ0) is 10.8. The summed E-state index contributed by atoms with van der Waals surface area (Å²) in [5.41, 5.74) is -0.342. The average Bonchev–Trinajstić information content (AvgIpc) is 2.14. The van der Waals surface area contributed by atoms with Crippen LogP contribution in [0.4, 0.5) is 0 Å². The molecule has 0 radical (unpaired) electrons. The number of carbonyl (C=O) groups is 1. The monoisotopic (exact) mass is 196 g/mol. The summed E-state index contributed by atoms with van der Waals surface area (Å²) in [5, 5.41) is 0. The lowest BCUT2D eigenvalue weighted by molar-refractivity contribution is -0.160. The summed E-state index contributed by atoms with van der Waals surface area (Å²) >= 11 is 0. The van der Waals surface area contributed by atoms with Crippen molar-refractivity contribution >= 4 is 5.97 Å². The third-order valence-corrected chi connectivity index (χ3v) is 3.60. The van der Waals surface area contributed by atoms with Crippen molar-refractivity contribution in [1.82, 2.24) is 0 Å². The van der Waals surface area contributed by atoms with Crippen molar-refractivity contribution in [3.05, 3.63) is 12.2 Å². The summed E-state index contributed by atoms with van der Waals surface area (Å²) in [6.07, 6.45) is 5.26. The SMILES string of the molecule is CCOC(=O)C1(C)C(C)C=CCC1C. The van der Waals surface area contributed by atoms with Gasteiger partial charge in [0.05, 0.1) is 12.0 Å². The Bertz CT molecular complexity index is 245. The van der Waals surface area contributed by atoms with E-state index < -0.39 is 0 Å². The number of hydrogen-bond donors (Lipinski definition) is 0. The van der Waals surface area contributed by atoms with Gasteiger partial charge in [-0.3, -0.25) is 4.79 Å². The quantitative estimate of drug-likeness (QED) is 0.501. The molecule has 0 amide bonds. The molecule has 0 fully saturated rings. The molecule has 0 aliphatic heterocycles. The van der Waals surface area contributed by atoms with E-state index in [2.05, 4.69) is 26.0 Å². The van der Waals surface area contributed by atoms with Crippen LogP contribution >= 0.6 is 0 Å². The lowest BCUT2D eigenvalue weighted by Gasteiger charge is -2.39. The van der Waals surface area contributed by atoms with E-state index >= 15 is 0 Å². The van der Waals surface area contributed by atoms with Crippen molar-refractivity contribution in [3.63, 3.8) is 0 Å². The molecule has 0 aromatic rings. The average molecular weight is 196 g/mol. The topological polar surface area (TPSA) is 26.3 Å². The van der Waals surface area contributed by atoms with Crippen LogP contribution in [0.1, 0.15) is 34.1 Å². The van der Waals surface area contributed by atoms with Crippen LogP contribution in [0.3, 0.4) is 0 Å². The van der Waals surface area contributed by atoms with E-state index in [1.807, 2.05) is 13.8 Å². The molecule has 2 nitrogen and oxygen atoms in total. The number of rotatable bonds is 2. The first kappa shape index (κ1) is 11.3. The van der Waals surface area contributed by atoms with Crippen molar-refractivity contribution in [2.24, 2.45) is 17.3 Å². The van der Waals surface area contributed by atoms with Gasteiger partial charge in [0.25, 0.3) is 0 Å². The van der Waals surface area contributed by atoms with Crippen LogP contribution in [-0.2, 0) is 9.53 Å². The van der Waals surface area contributed by atoms with Gasteiger partial charge in [0, 0.05) is 0 Å². The normalized spacial score (nSPS) is 36.9. The summed E-state index contributed by atoms with van der Waals surface area (Å²) in [6.45, 7) is 8.55. The molecule has 1 aliphatic carbocycles. The first-order valence-electron chi connectivity index (χ1n) is 5.37. The summed E-state index contributed by atoms with van der Waals surface area (Å²) in [7, 11) is 0. The summed E-state index contributed by atoms with van der Waals surface area (Å²) in [5.74, 6) is 0.580. The van der Waals surface area contributed by atoms with E-state index in [4.69, 9.17) is 4.74 Å². The number of esters is 1. The lowest BCUT2D eigenvalue weighted by Crippen LogP contribution is -2.42. The Kier molecular flexibility index (Phi) is 3.35. The maximum atomic E-state index is 11.9. The smallest absolute Gasteiger partial charge is 0.312 e. The molecule has 0 saturated heterocycles. The molecular formula is C12H20O2. The number of carbonyl (C=O) groups excluding carboxylic acids is 1. The highest BCUT2D eigenvalue weighted by molar-refractivity contribution is 5.77. The zero-order valence-corrected chi connectivity index (χ0v) is 9.54. The molecule has 0 heterocycles. The largest absolute Gasteiger partial charge is 0.466 e. The van der Waals surface area contributed by atoms with Gasteiger partial charge >= 0.3 is 5.97 Å². The van der Waals surface area contributed by atoms with Gasteiger partial charge in [-0.1, -0.05) is 26.0 Å². The van der Waals surface area contributed by atoms with Gasteiger partial charge in [-0.2, -0.15) is 0 Å². The fourth-order valence-corrected chi connectivity index (χ4v) is 2.05. The highest BCUT2D eigenvalue weighted by atomic mass is 16.5. The van der Waals surface area contributed by atoms with E-state index in [-0.39, 0.29) is 17.3 Å². The van der Waals surface area contributed by atoms with Gasteiger partial charge in [-0.25, -0.2) is 0 Å². The molecule has 3 atom stereocenters. The first-order chi connectivity index (χ1) is 6.53.